The van der Waals surface area contributed by atoms with Crippen LogP contribution >= 0.6 is 11.3 Å². The van der Waals surface area contributed by atoms with Gasteiger partial charge in [-0.1, -0.05) is 12.1 Å². The zero-order valence-electron chi connectivity index (χ0n) is 15.8. The predicted molar refractivity (Wildman–Crippen MR) is 111 cm³/mol. The van der Waals surface area contributed by atoms with Crippen LogP contribution in [0.2, 0.25) is 0 Å². The van der Waals surface area contributed by atoms with Gasteiger partial charge in [-0.3, -0.25) is 0 Å². The molecule has 0 spiro atoms. The number of hydrogen-bond acceptors (Lipinski definition) is 5. The van der Waals surface area contributed by atoms with Gasteiger partial charge in [0.05, 0.1) is 11.9 Å². The van der Waals surface area contributed by atoms with Crippen molar-refractivity contribution >= 4 is 39.1 Å². The molecule has 3 heterocycles. The minimum atomic E-state index is -0.0511. The van der Waals surface area contributed by atoms with Gasteiger partial charge in [-0.15, -0.1) is 11.3 Å². The molecule has 1 aliphatic rings. The normalized spacial score (nSPS) is 13.5. The van der Waals surface area contributed by atoms with Crippen molar-refractivity contribution in [3.8, 4) is 0 Å². The van der Waals surface area contributed by atoms with Crippen molar-refractivity contribution in [1.82, 2.24) is 14.9 Å². The average Bonchev–Trinajstić information content (AvgIpc) is 3.04. The minimum Gasteiger partial charge on any atom is -0.370 e. The highest BCUT2D eigenvalue weighted by atomic mass is 32.1. The maximum absolute atomic E-state index is 12.8. The molecule has 140 valence electrons. The molecule has 0 aliphatic carbocycles. The summed E-state index contributed by atoms with van der Waals surface area (Å²) < 4.78 is 0. The molecule has 0 saturated carbocycles. The van der Waals surface area contributed by atoms with E-state index in [1.807, 2.05) is 24.0 Å². The van der Waals surface area contributed by atoms with Gasteiger partial charge in [0.2, 0.25) is 0 Å². The molecular formula is C20H23N5OS. The summed E-state index contributed by atoms with van der Waals surface area (Å²) in [6.07, 6.45) is 2.43. The smallest absolute Gasteiger partial charge is 0.322 e. The second-order valence-electron chi connectivity index (χ2n) is 6.79. The van der Waals surface area contributed by atoms with E-state index >= 15 is 0 Å². The van der Waals surface area contributed by atoms with Crippen LogP contribution in [0.15, 0.2) is 24.5 Å². The summed E-state index contributed by atoms with van der Waals surface area (Å²) in [7, 11) is 0. The second kappa shape index (κ2) is 7.15. The molecular weight excluding hydrogens is 358 g/mol. The van der Waals surface area contributed by atoms with E-state index in [1.165, 1.54) is 16.0 Å². The van der Waals surface area contributed by atoms with Crippen molar-refractivity contribution in [3.05, 3.63) is 46.1 Å². The Morgan fingerprint density at radius 3 is 2.96 bits per heavy atom. The molecule has 2 N–H and O–H groups in total. The van der Waals surface area contributed by atoms with Crippen molar-refractivity contribution in [2.75, 3.05) is 23.7 Å². The number of benzene rings is 1. The van der Waals surface area contributed by atoms with Gasteiger partial charge in [0, 0.05) is 23.7 Å². The molecule has 27 heavy (non-hydrogen) atoms. The van der Waals surface area contributed by atoms with Crippen LogP contribution in [0.4, 0.5) is 16.3 Å². The molecule has 1 aliphatic heterocycles. The third-order valence-electron chi connectivity index (χ3n) is 5.11. The summed E-state index contributed by atoms with van der Waals surface area (Å²) in [5, 5.41) is 7.52. The fraction of sp³-hybridized carbons (Fsp3) is 0.350. The van der Waals surface area contributed by atoms with E-state index in [0.29, 0.717) is 13.1 Å². The van der Waals surface area contributed by atoms with Gasteiger partial charge < -0.3 is 15.5 Å². The third-order valence-corrected chi connectivity index (χ3v) is 6.24. The number of urea groups is 1. The first-order chi connectivity index (χ1) is 13.1. The largest absolute Gasteiger partial charge is 0.370 e. The van der Waals surface area contributed by atoms with Crippen LogP contribution in [0.3, 0.4) is 0 Å². The van der Waals surface area contributed by atoms with Gasteiger partial charge in [0.25, 0.3) is 0 Å². The molecule has 1 aromatic carbocycles. The summed E-state index contributed by atoms with van der Waals surface area (Å²) in [5.41, 5.74) is 4.44. The Morgan fingerprint density at radius 2 is 2.15 bits per heavy atom. The van der Waals surface area contributed by atoms with Crippen LogP contribution < -0.4 is 10.6 Å². The van der Waals surface area contributed by atoms with Crippen molar-refractivity contribution in [2.24, 2.45) is 0 Å². The zero-order valence-corrected chi connectivity index (χ0v) is 16.6. The number of amides is 2. The van der Waals surface area contributed by atoms with E-state index < -0.39 is 0 Å². The summed E-state index contributed by atoms with van der Waals surface area (Å²) in [6.45, 7) is 8.27. The molecule has 0 saturated heterocycles. The SMILES string of the molecule is CCNc1ncnc2sc3c(c12)CCN(C(=O)Nc1cccc(C)c1C)C3. The maximum atomic E-state index is 12.8. The average molecular weight is 382 g/mol. The fourth-order valence-corrected chi connectivity index (χ4v) is 4.69. The van der Waals surface area contributed by atoms with Crippen molar-refractivity contribution in [3.63, 3.8) is 0 Å². The first-order valence-corrected chi connectivity index (χ1v) is 10.0. The monoisotopic (exact) mass is 381 g/mol. The van der Waals surface area contributed by atoms with Crippen LogP contribution in [-0.4, -0.2) is 34.0 Å². The number of fused-ring (bicyclic) bond motifs is 3. The molecule has 0 atom stereocenters. The van der Waals surface area contributed by atoms with E-state index in [1.54, 1.807) is 17.7 Å². The lowest BCUT2D eigenvalue weighted by molar-refractivity contribution is 0.207. The van der Waals surface area contributed by atoms with E-state index in [-0.39, 0.29) is 6.03 Å². The van der Waals surface area contributed by atoms with Crippen molar-refractivity contribution < 1.29 is 4.79 Å². The summed E-state index contributed by atoms with van der Waals surface area (Å²) >= 11 is 1.66. The first-order valence-electron chi connectivity index (χ1n) is 9.19. The van der Waals surface area contributed by atoms with Crippen LogP contribution in [-0.2, 0) is 13.0 Å². The Morgan fingerprint density at radius 1 is 1.30 bits per heavy atom. The number of aryl methyl sites for hydroxylation is 1. The molecule has 4 rings (SSSR count). The Bertz CT molecular complexity index is 1010. The minimum absolute atomic E-state index is 0.0511. The number of carbonyl (C=O) groups is 1. The Hall–Kier alpha value is -2.67. The number of nitrogens with zero attached hydrogens (tertiary/aromatic N) is 3. The van der Waals surface area contributed by atoms with Crippen molar-refractivity contribution in [1.29, 1.82) is 0 Å². The van der Waals surface area contributed by atoms with Crippen LogP contribution in [0.25, 0.3) is 10.2 Å². The quantitative estimate of drug-likeness (QED) is 0.708. The van der Waals surface area contributed by atoms with Gasteiger partial charge in [-0.2, -0.15) is 0 Å². The molecule has 6 nitrogen and oxygen atoms in total. The molecule has 0 bridgehead atoms. The molecule has 0 unspecified atom stereocenters. The van der Waals surface area contributed by atoms with Crippen LogP contribution in [0.5, 0.6) is 0 Å². The van der Waals surface area contributed by atoms with E-state index in [9.17, 15) is 4.79 Å². The highest BCUT2D eigenvalue weighted by Crippen LogP contribution is 2.37. The number of anilines is 2. The number of carbonyl (C=O) groups excluding carboxylic acids is 1. The third kappa shape index (κ3) is 3.23. The molecule has 3 aromatic rings. The second-order valence-corrected chi connectivity index (χ2v) is 7.87. The lowest BCUT2D eigenvalue weighted by Gasteiger charge is -2.27. The Balaban J connectivity index is 1.58. The van der Waals surface area contributed by atoms with E-state index in [4.69, 9.17) is 0 Å². The predicted octanol–water partition coefficient (Wildman–Crippen LogP) is 4.33. The standard InChI is InChI=1S/C20H23N5OS/c1-4-21-18-17-14-8-9-25(10-16(14)27-19(17)23-11-22-18)20(26)24-15-7-5-6-12(2)13(15)3/h5-7,11H,4,8-10H2,1-3H3,(H,24,26)(H,21,22,23). The lowest BCUT2D eigenvalue weighted by atomic mass is 10.1. The zero-order chi connectivity index (χ0) is 19.0. The van der Waals surface area contributed by atoms with Crippen molar-refractivity contribution in [2.45, 2.75) is 33.7 Å². The van der Waals surface area contributed by atoms with Gasteiger partial charge in [0.15, 0.2) is 0 Å². The summed E-state index contributed by atoms with van der Waals surface area (Å²) in [6, 6.07) is 5.93. The maximum Gasteiger partial charge on any atom is 0.322 e. The molecule has 0 fully saturated rings. The highest BCUT2D eigenvalue weighted by Gasteiger charge is 2.26. The van der Waals surface area contributed by atoms with Gasteiger partial charge in [-0.05, 0) is 49.9 Å². The van der Waals surface area contributed by atoms with E-state index in [2.05, 4.69) is 40.5 Å². The number of rotatable bonds is 3. The summed E-state index contributed by atoms with van der Waals surface area (Å²) in [5.74, 6) is 0.897. The fourth-order valence-electron chi connectivity index (χ4n) is 3.48. The summed E-state index contributed by atoms with van der Waals surface area (Å²) in [4.78, 5) is 25.7. The molecule has 7 heteroatoms. The topological polar surface area (TPSA) is 70.2 Å². The number of nitrogens with one attached hydrogen (secondary N) is 2. The van der Waals surface area contributed by atoms with Gasteiger partial charge in [-0.25, -0.2) is 14.8 Å². The molecule has 2 amide bonds. The van der Waals surface area contributed by atoms with E-state index in [0.717, 1.165) is 40.3 Å². The van der Waals surface area contributed by atoms with Gasteiger partial charge in [0.1, 0.15) is 17.0 Å². The lowest BCUT2D eigenvalue weighted by Crippen LogP contribution is -2.38. The number of thiophene rings is 1. The Kier molecular flexibility index (Phi) is 4.70. The Labute approximate surface area is 162 Å². The van der Waals surface area contributed by atoms with Crippen LogP contribution in [0, 0.1) is 13.8 Å². The van der Waals surface area contributed by atoms with Crippen LogP contribution in [0.1, 0.15) is 28.5 Å². The number of aromatic nitrogens is 2. The van der Waals surface area contributed by atoms with Gasteiger partial charge >= 0.3 is 6.03 Å². The molecule has 0 radical (unpaired) electrons. The first kappa shape index (κ1) is 17.7. The number of hydrogen-bond donors (Lipinski definition) is 2. The molecule has 2 aromatic heterocycles. The highest BCUT2D eigenvalue weighted by molar-refractivity contribution is 7.19.